The first-order valence-corrected chi connectivity index (χ1v) is 22.0. The van der Waals surface area contributed by atoms with E-state index in [0.29, 0.717) is 13.0 Å². The number of carbonyl (C=O) groups is 1. The lowest BCUT2D eigenvalue weighted by atomic mass is 9.30. The second kappa shape index (κ2) is 22.4. The van der Waals surface area contributed by atoms with Crippen LogP contribution in [0.2, 0.25) is 0 Å². The minimum atomic E-state index is -4.23. The smallest absolute Gasteiger partial charge is 0.463 e. The number of esters is 1. The summed E-state index contributed by atoms with van der Waals surface area (Å²) in [5.41, 5.74) is 5.38. The topological polar surface area (TPSA) is 117 Å². The van der Waals surface area contributed by atoms with Crippen molar-refractivity contribution in [2.75, 3.05) is 33.0 Å². The Morgan fingerprint density at radius 1 is 0.708 bits per heavy atom. The van der Waals surface area contributed by atoms with Crippen LogP contribution in [0.25, 0.3) is 0 Å². The van der Waals surface area contributed by atoms with Crippen molar-refractivity contribution in [3.05, 3.63) is 0 Å². The number of nitrogens with two attached hydrogens (primary N) is 1. The van der Waals surface area contributed by atoms with Gasteiger partial charge in [0.05, 0.1) is 13.2 Å². The molecule has 4 rings (SSSR count). The standard InChI is InChI=1S/C39H72NO7P/c1-2-3-4-5-6-7-8-9-10-14-17-20-37(41)45-29-32(30-47-48(42,43)46-27-25-40)44-26-18-15-12-11-13-16-19-31-21-22-35-36(28-31)39-34-24-23-33(34)38(35)39/h31-36,38-39H,2-30,40H2,1H3,(H,42,43)/t31?,32-,33?,34?,35?,36?,38?,39?/m1/s1. The maximum absolute atomic E-state index is 12.4. The second-order valence-corrected chi connectivity index (χ2v) is 17.3. The van der Waals surface area contributed by atoms with Crippen molar-refractivity contribution >= 4 is 13.8 Å². The van der Waals surface area contributed by atoms with E-state index in [1.165, 1.54) is 103 Å². The van der Waals surface area contributed by atoms with Crippen LogP contribution in [-0.2, 0) is 27.9 Å². The molecule has 9 atom stereocenters. The van der Waals surface area contributed by atoms with E-state index >= 15 is 0 Å². The molecule has 0 heterocycles. The number of carbonyl (C=O) groups excluding carboxylic acids is 1. The van der Waals surface area contributed by atoms with Gasteiger partial charge in [-0.15, -0.1) is 0 Å². The number of ether oxygens (including phenoxy) is 2. The molecular weight excluding hydrogens is 625 g/mol. The molecule has 8 unspecified atom stereocenters. The largest absolute Gasteiger partial charge is 0.472 e. The Balaban J connectivity index is 0.995. The van der Waals surface area contributed by atoms with E-state index in [9.17, 15) is 14.3 Å². The van der Waals surface area contributed by atoms with Gasteiger partial charge in [-0.05, 0) is 80.0 Å². The number of phosphoric acid groups is 1. The van der Waals surface area contributed by atoms with Crippen LogP contribution in [0.15, 0.2) is 0 Å². The van der Waals surface area contributed by atoms with Crippen molar-refractivity contribution in [2.45, 2.75) is 167 Å². The van der Waals surface area contributed by atoms with E-state index in [-0.39, 0.29) is 32.3 Å². The van der Waals surface area contributed by atoms with Gasteiger partial charge in [-0.1, -0.05) is 116 Å². The average molecular weight is 698 g/mol. The Morgan fingerprint density at radius 3 is 1.92 bits per heavy atom. The molecule has 0 saturated heterocycles. The van der Waals surface area contributed by atoms with Crippen LogP contribution in [0.5, 0.6) is 0 Å². The third-order valence-electron chi connectivity index (χ3n) is 12.4. The first-order chi connectivity index (χ1) is 23.4. The van der Waals surface area contributed by atoms with Gasteiger partial charge in [-0.25, -0.2) is 4.57 Å². The van der Waals surface area contributed by atoms with Crippen molar-refractivity contribution in [3.8, 4) is 0 Å². The minimum absolute atomic E-state index is 0.000829. The molecule has 48 heavy (non-hydrogen) atoms. The molecule has 0 bridgehead atoms. The second-order valence-electron chi connectivity index (χ2n) is 15.8. The van der Waals surface area contributed by atoms with Crippen LogP contribution in [-0.4, -0.2) is 49.9 Å². The monoisotopic (exact) mass is 698 g/mol. The van der Waals surface area contributed by atoms with Crippen molar-refractivity contribution in [1.29, 1.82) is 0 Å². The molecule has 0 amide bonds. The molecule has 4 saturated carbocycles. The van der Waals surface area contributed by atoms with Gasteiger partial charge in [0.15, 0.2) is 0 Å². The highest BCUT2D eigenvalue weighted by Gasteiger charge is 2.68. The Hall–Kier alpha value is -0.500. The summed E-state index contributed by atoms with van der Waals surface area (Å²) >= 11 is 0. The first-order valence-electron chi connectivity index (χ1n) is 20.5. The van der Waals surface area contributed by atoms with Crippen LogP contribution in [0.3, 0.4) is 0 Å². The lowest BCUT2D eigenvalue weighted by molar-refractivity contribution is -0.264. The average Bonchev–Trinajstić information content (AvgIpc) is 3.07. The number of rotatable bonds is 30. The molecule has 0 aromatic heterocycles. The Morgan fingerprint density at radius 2 is 1.27 bits per heavy atom. The van der Waals surface area contributed by atoms with Gasteiger partial charge in [-0.2, -0.15) is 0 Å². The van der Waals surface area contributed by atoms with Crippen molar-refractivity contribution in [3.63, 3.8) is 0 Å². The highest BCUT2D eigenvalue weighted by atomic mass is 31.2. The van der Waals surface area contributed by atoms with Crippen molar-refractivity contribution in [1.82, 2.24) is 0 Å². The molecule has 8 nitrogen and oxygen atoms in total. The normalized spacial score (nSPS) is 28.9. The van der Waals surface area contributed by atoms with Crippen LogP contribution < -0.4 is 5.73 Å². The number of phosphoric ester groups is 1. The van der Waals surface area contributed by atoms with Crippen LogP contribution in [0.4, 0.5) is 0 Å². The number of hydrogen-bond donors (Lipinski definition) is 2. The number of unbranched alkanes of at least 4 members (excludes halogenated alkanes) is 15. The van der Waals surface area contributed by atoms with Gasteiger partial charge in [0, 0.05) is 19.6 Å². The van der Waals surface area contributed by atoms with E-state index in [0.717, 1.165) is 73.5 Å². The predicted molar refractivity (Wildman–Crippen MR) is 192 cm³/mol. The molecule has 4 fully saturated rings. The van der Waals surface area contributed by atoms with E-state index in [2.05, 4.69) is 6.92 Å². The fourth-order valence-corrected chi connectivity index (χ4v) is 10.5. The summed E-state index contributed by atoms with van der Waals surface area (Å²) in [6.07, 6.45) is 29.5. The third kappa shape index (κ3) is 13.2. The predicted octanol–water partition coefficient (Wildman–Crippen LogP) is 9.76. The fourth-order valence-electron chi connectivity index (χ4n) is 9.71. The highest BCUT2D eigenvalue weighted by Crippen LogP contribution is 2.74. The first kappa shape index (κ1) is 40.3. The van der Waals surface area contributed by atoms with Crippen molar-refractivity contribution < 1.29 is 32.8 Å². The summed E-state index contributed by atoms with van der Waals surface area (Å²) in [6, 6.07) is 0. The molecule has 0 aliphatic heterocycles. The van der Waals surface area contributed by atoms with Gasteiger partial charge in [0.1, 0.15) is 12.7 Å². The number of hydrogen-bond acceptors (Lipinski definition) is 7. The Kier molecular flexibility index (Phi) is 18.8. The number of fused-ring (bicyclic) bond motifs is 7. The van der Waals surface area contributed by atoms with E-state index in [4.69, 9.17) is 24.3 Å². The molecule has 0 radical (unpaired) electrons. The van der Waals surface area contributed by atoms with Gasteiger partial charge in [0.25, 0.3) is 0 Å². The summed E-state index contributed by atoms with van der Waals surface area (Å²) in [6.45, 7) is 2.61. The molecule has 4 aliphatic rings. The van der Waals surface area contributed by atoms with Gasteiger partial charge >= 0.3 is 13.8 Å². The molecule has 0 aromatic carbocycles. The van der Waals surface area contributed by atoms with Crippen molar-refractivity contribution in [2.24, 2.45) is 47.2 Å². The SMILES string of the molecule is CCCCCCCCCCCCCC(=O)OC[C@H](COP(=O)(O)OCCN)OCCCCCCCCC1CCC2C(C1)C1C3CCC3C21. The summed E-state index contributed by atoms with van der Waals surface area (Å²) in [5.74, 6) is 7.56. The maximum atomic E-state index is 12.4. The summed E-state index contributed by atoms with van der Waals surface area (Å²) < 4.78 is 33.5. The van der Waals surface area contributed by atoms with Crippen LogP contribution in [0, 0.1) is 41.4 Å². The molecular formula is C39H72NO7P. The molecule has 9 heteroatoms. The molecule has 0 aromatic rings. The van der Waals surface area contributed by atoms with Gasteiger partial charge in [-0.3, -0.25) is 13.8 Å². The van der Waals surface area contributed by atoms with Crippen LogP contribution >= 0.6 is 7.82 Å². The van der Waals surface area contributed by atoms with Gasteiger partial charge in [0.2, 0.25) is 0 Å². The molecule has 3 N–H and O–H groups in total. The zero-order valence-corrected chi connectivity index (χ0v) is 31.4. The molecule has 0 spiro atoms. The lowest BCUT2D eigenvalue weighted by Crippen LogP contribution is -2.69. The summed E-state index contributed by atoms with van der Waals surface area (Å²) in [7, 11) is -4.23. The van der Waals surface area contributed by atoms with Gasteiger partial charge < -0.3 is 20.1 Å². The van der Waals surface area contributed by atoms with E-state index in [1.54, 1.807) is 12.8 Å². The zero-order valence-electron chi connectivity index (χ0n) is 30.5. The maximum Gasteiger partial charge on any atom is 0.472 e. The third-order valence-corrected chi connectivity index (χ3v) is 13.4. The minimum Gasteiger partial charge on any atom is -0.463 e. The molecule has 4 aliphatic carbocycles. The Labute approximate surface area is 293 Å². The molecule has 280 valence electrons. The quantitative estimate of drug-likeness (QED) is 0.0433. The highest BCUT2D eigenvalue weighted by molar-refractivity contribution is 7.47. The summed E-state index contributed by atoms with van der Waals surface area (Å²) in [4.78, 5) is 22.3. The lowest BCUT2D eigenvalue weighted by Gasteiger charge is -2.74. The fraction of sp³-hybridized carbons (Fsp3) is 0.974. The van der Waals surface area contributed by atoms with E-state index in [1.807, 2.05) is 0 Å². The Bertz CT molecular complexity index is 930. The van der Waals surface area contributed by atoms with E-state index < -0.39 is 13.9 Å². The summed E-state index contributed by atoms with van der Waals surface area (Å²) in [5, 5.41) is 0. The zero-order chi connectivity index (χ0) is 34.0. The van der Waals surface area contributed by atoms with Crippen LogP contribution in [0.1, 0.15) is 161 Å².